The van der Waals surface area contributed by atoms with Crippen molar-refractivity contribution in [1.29, 1.82) is 0 Å². The van der Waals surface area contributed by atoms with Crippen molar-refractivity contribution in [3.05, 3.63) is 0 Å². The molecule has 0 heterocycles. The molecule has 0 saturated heterocycles. The highest BCUT2D eigenvalue weighted by Crippen LogP contribution is 1.98. The van der Waals surface area contributed by atoms with Crippen LogP contribution in [0.2, 0.25) is 0 Å². The number of nitrogens with one attached hydrogen (secondary N) is 2. The molecular weight excluding hydrogens is 218 g/mol. The van der Waals surface area contributed by atoms with Crippen LogP contribution in [-0.2, 0) is 9.59 Å². The van der Waals surface area contributed by atoms with Gasteiger partial charge in [0.15, 0.2) is 0 Å². The van der Waals surface area contributed by atoms with Gasteiger partial charge in [0.2, 0.25) is 11.8 Å². The normalized spacial score (nSPS) is 14.4. The molecule has 2 unspecified atom stereocenters. The maximum absolute atomic E-state index is 11.8. The molecule has 0 aromatic rings. The zero-order chi connectivity index (χ0) is 13.4. The minimum atomic E-state index is -0.363. The van der Waals surface area contributed by atoms with Gasteiger partial charge in [-0.05, 0) is 26.7 Å². The standard InChI is InChI=1S/C12H25N3O2/c1-5-10(6-2)15-12(17)9(4)14-8(3)7-11(13)16/h8-10,14H,5-7H2,1-4H3,(H2,13,16)(H,15,17). The lowest BCUT2D eigenvalue weighted by molar-refractivity contribution is -0.124. The van der Waals surface area contributed by atoms with Gasteiger partial charge in [0.05, 0.1) is 6.04 Å². The van der Waals surface area contributed by atoms with E-state index in [1.807, 2.05) is 20.8 Å². The van der Waals surface area contributed by atoms with Crippen molar-refractivity contribution in [1.82, 2.24) is 10.6 Å². The van der Waals surface area contributed by atoms with E-state index < -0.39 is 0 Å². The van der Waals surface area contributed by atoms with Crippen LogP contribution in [0.4, 0.5) is 0 Å². The second kappa shape index (κ2) is 8.06. The molecule has 100 valence electrons. The van der Waals surface area contributed by atoms with Gasteiger partial charge >= 0.3 is 0 Å². The van der Waals surface area contributed by atoms with Crippen molar-refractivity contribution in [2.24, 2.45) is 5.73 Å². The van der Waals surface area contributed by atoms with Crippen LogP contribution in [0, 0.1) is 0 Å². The van der Waals surface area contributed by atoms with Crippen molar-refractivity contribution in [2.75, 3.05) is 0 Å². The van der Waals surface area contributed by atoms with Crippen molar-refractivity contribution in [3.63, 3.8) is 0 Å². The molecule has 0 aliphatic heterocycles. The van der Waals surface area contributed by atoms with Crippen LogP contribution in [0.5, 0.6) is 0 Å². The summed E-state index contributed by atoms with van der Waals surface area (Å²) in [6, 6.07) is -0.182. The van der Waals surface area contributed by atoms with Crippen LogP contribution < -0.4 is 16.4 Å². The summed E-state index contributed by atoms with van der Waals surface area (Å²) in [5.74, 6) is -0.396. The molecule has 0 aromatic heterocycles. The summed E-state index contributed by atoms with van der Waals surface area (Å²) in [7, 11) is 0. The zero-order valence-corrected chi connectivity index (χ0v) is 11.2. The molecule has 0 radical (unpaired) electrons. The van der Waals surface area contributed by atoms with E-state index in [4.69, 9.17) is 5.73 Å². The van der Waals surface area contributed by atoms with Gasteiger partial charge in [-0.25, -0.2) is 0 Å². The molecule has 0 spiro atoms. The fourth-order valence-corrected chi connectivity index (χ4v) is 1.68. The van der Waals surface area contributed by atoms with Crippen LogP contribution in [-0.4, -0.2) is 29.9 Å². The molecule has 0 saturated carbocycles. The summed E-state index contributed by atoms with van der Waals surface area (Å²) in [4.78, 5) is 22.5. The third-order valence-corrected chi connectivity index (χ3v) is 2.77. The Morgan fingerprint density at radius 1 is 1.18 bits per heavy atom. The Balaban J connectivity index is 4.08. The van der Waals surface area contributed by atoms with Crippen molar-refractivity contribution in [3.8, 4) is 0 Å². The van der Waals surface area contributed by atoms with Gasteiger partial charge in [-0.2, -0.15) is 0 Å². The third-order valence-electron chi connectivity index (χ3n) is 2.77. The second-order valence-corrected chi connectivity index (χ2v) is 4.48. The average Bonchev–Trinajstić information content (AvgIpc) is 2.23. The molecule has 2 amide bonds. The van der Waals surface area contributed by atoms with E-state index in [1.54, 1.807) is 6.92 Å². The fraction of sp³-hybridized carbons (Fsp3) is 0.833. The SMILES string of the molecule is CCC(CC)NC(=O)C(C)NC(C)CC(N)=O. The lowest BCUT2D eigenvalue weighted by Gasteiger charge is -2.21. The van der Waals surface area contributed by atoms with Gasteiger partial charge in [0.25, 0.3) is 0 Å². The highest BCUT2D eigenvalue weighted by atomic mass is 16.2. The maximum atomic E-state index is 11.8. The Bertz CT molecular complexity index is 252. The summed E-state index contributed by atoms with van der Waals surface area (Å²) >= 11 is 0. The van der Waals surface area contributed by atoms with Gasteiger partial charge in [0, 0.05) is 18.5 Å². The van der Waals surface area contributed by atoms with Gasteiger partial charge in [-0.1, -0.05) is 13.8 Å². The van der Waals surface area contributed by atoms with E-state index >= 15 is 0 Å². The Morgan fingerprint density at radius 3 is 2.12 bits per heavy atom. The minimum absolute atomic E-state index is 0.0324. The van der Waals surface area contributed by atoms with Crippen LogP contribution >= 0.6 is 0 Å². The first-order valence-corrected chi connectivity index (χ1v) is 6.25. The summed E-state index contributed by atoms with van der Waals surface area (Å²) in [6.07, 6.45) is 2.08. The monoisotopic (exact) mass is 243 g/mol. The number of hydrogen-bond donors (Lipinski definition) is 3. The van der Waals surface area contributed by atoms with Crippen molar-refractivity contribution in [2.45, 2.75) is 65.1 Å². The van der Waals surface area contributed by atoms with Gasteiger partial charge in [0.1, 0.15) is 0 Å². The topological polar surface area (TPSA) is 84.2 Å². The predicted molar refractivity (Wildman–Crippen MR) is 68.4 cm³/mol. The van der Waals surface area contributed by atoms with Crippen molar-refractivity contribution < 1.29 is 9.59 Å². The number of primary amides is 1. The molecule has 2 atom stereocenters. The summed E-state index contributed by atoms with van der Waals surface area (Å²) in [5, 5.41) is 6.01. The summed E-state index contributed by atoms with van der Waals surface area (Å²) in [5.41, 5.74) is 5.09. The Labute approximate surface area is 104 Å². The molecule has 0 aliphatic carbocycles. The highest BCUT2D eigenvalue weighted by Gasteiger charge is 2.18. The summed E-state index contributed by atoms with van der Waals surface area (Å²) < 4.78 is 0. The fourth-order valence-electron chi connectivity index (χ4n) is 1.68. The van der Waals surface area contributed by atoms with E-state index in [1.165, 1.54) is 0 Å². The lowest BCUT2D eigenvalue weighted by Crippen LogP contribution is -2.49. The van der Waals surface area contributed by atoms with E-state index in [2.05, 4.69) is 10.6 Å². The second-order valence-electron chi connectivity index (χ2n) is 4.48. The number of rotatable bonds is 8. The maximum Gasteiger partial charge on any atom is 0.237 e. The van der Waals surface area contributed by atoms with E-state index in [0.717, 1.165) is 12.8 Å². The van der Waals surface area contributed by atoms with E-state index in [-0.39, 0.29) is 36.4 Å². The molecule has 0 aromatic carbocycles. The Hall–Kier alpha value is -1.10. The van der Waals surface area contributed by atoms with Crippen LogP contribution in [0.15, 0.2) is 0 Å². The lowest BCUT2D eigenvalue weighted by atomic mass is 10.1. The molecule has 4 N–H and O–H groups in total. The molecule has 0 fully saturated rings. The Kier molecular flexibility index (Phi) is 7.54. The highest BCUT2D eigenvalue weighted by molar-refractivity contribution is 5.81. The number of carbonyl (C=O) groups is 2. The molecule has 0 rings (SSSR count). The first-order valence-electron chi connectivity index (χ1n) is 6.25. The van der Waals surface area contributed by atoms with E-state index in [0.29, 0.717) is 0 Å². The van der Waals surface area contributed by atoms with Crippen molar-refractivity contribution >= 4 is 11.8 Å². The zero-order valence-electron chi connectivity index (χ0n) is 11.2. The minimum Gasteiger partial charge on any atom is -0.370 e. The summed E-state index contributed by atoms with van der Waals surface area (Å²) in [6.45, 7) is 7.71. The molecule has 0 bridgehead atoms. The molecule has 17 heavy (non-hydrogen) atoms. The molecule has 5 heteroatoms. The number of nitrogens with two attached hydrogens (primary N) is 1. The average molecular weight is 243 g/mol. The molecule has 5 nitrogen and oxygen atoms in total. The van der Waals surface area contributed by atoms with Gasteiger partial charge in [-0.15, -0.1) is 0 Å². The smallest absolute Gasteiger partial charge is 0.237 e. The predicted octanol–water partition coefficient (Wildman–Crippen LogP) is 0.533. The van der Waals surface area contributed by atoms with E-state index in [9.17, 15) is 9.59 Å². The quantitative estimate of drug-likeness (QED) is 0.581. The van der Waals surface area contributed by atoms with Crippen LogP contribution in [0.25, 0.3) is 0 Å². The first-order chi connectivity index (χ1) is 7.90. The molecule has 0 aliphatic rings. The third kappa shape index (κ3) is 6.94. The Morgan fingerprint density at radius 2 is 1.71 bits per heavy atom. The number of hydrogen-bond acceptors (Lipinski definition) is 3. The van der Waals surface area contributed by atoms with Gasteiger partial charge < -0.3 is 16.4 Å². The van der Waals surface area contributed by atoms with Crippen LogP contribution in [0.3, 0.4) is 0 Å². The number of amides is 2. The van der Waals surface area contributed by atoms with Crippen LogP contribution in [0.1, 0.15) is 47.0 Å². The molecular formula is C12H25N3O2. The van der Waals surface area contributed by atoms with Gasteiger partial charge in [-0.3, -0.25) is 9.59 Å². The largest absolute Gasteiger partial charge is 0.370 e. The number of carbonyl (C=O) groups excluding carboxylic acids is 2. The first kappa shape index (κ1) is 15.9.